The zero-order chi connectivity index (χ0) is 78.5. The molecule has 0 bridgehead atoms. The molecule has 0 unspecified atom stereocenters. The first-order valence-electron chi connectivity index (χ1n) is 32.4. The zero-order valence-corrected chi connectivity index (χ0v) is 62.1. The Morgan fingerprint density at radius 2 is 1.02 bits per heavy atom. The zero-order valence-electron chi connectivity index (χ0n) is 58.2. The normalized spacial score (nSPS) is 13.4. The minimum atomic E-state index is -3.53. The van der Waals surface area contributed by atoms with Gasteiger partial charge in [0, 0.05) is 70.9 Å². The fourth-order valence-electron chi connectivity index (χ4n) is 9.48. The van der Waals surface area contributed by atoms with Crippen LogP contribution in [-0.2, 0) is 57.1 Å². The Morgan fingerprint density at radius 3 is 1.47 bits per heavy atom. The molecule has 108 heavy (non-hydrogen) atoms. The van der Waals surface area contributed by atoms with Gasteiger partial charge in [-0.15, -0.1) is 0 Å². The number of halogens is 10. The third-order valence-electron chi connectivity index (χ3n) is 15.0. The molecule has 0 aliphatic carbocycles. The fraction of sp³-hybridized carbons (Fsp3) is 0.270. The first-order chi connectivity index (χ1) is 50.7. The number of hydrogen-bond acceptors (Lipinski definition) is 18. The molecule has 2 atom stereocenters. The molecule has 12 rings (SSSR count). The van der Waals surface area contributed by atoms with Gasteiger partial charge in [-0.2, -0.15) is 10.2 Å². The average Bonchev–Trinajstić information content (AvgIpc) is 1.60. The van der Waals surface area contributed by atoms with Gasteiger partial charge in [0.1, 0.15) is 44.1 Å². The quantitative estimate of drug-likeness (QED) is 0.0421. The molecule has 5 N–H and O–H groups in total. The number of nitrogens with two attached hydrogens (primary N) is 1. The lowest BCUT2D eigenvalue weighted by atomic mass is 10.0. The number of amides is 2. The number of alkyl halides is 8. The minimum absolute atomic E-state index is 0. The number of fused-ring (bicyclic) bond motifs is 2. The number of aromatic nitrogens is 8. The molecular weight excluding hydrogens is 1550 g/mol. The second-order valence-corrected chi connectivity index (χ2v) is 29.7. The molecule has 8 heterocycles. The molecule has 4 aromatic carbocycles. The summed E-state index contributed by atoms with van der Waals surface area (Å²) >= 11 is 8.01. The molecular formula is C74H79BrClF8N13O9S2. The Hall–Kier alpha value is -10.4. The largest absolute Gasteiger partial charge is 0.417 e. The van der Waals surface area contributed by atoms with Gasteiger partial charge in [0.25, 0.3) is 25.7 Å². The number of anilines is 2. The molecule has 22 nitrogen and oxygen atoms in total. The molecule has 10 aromatic rings. The number of ether oxygens (including phenoxy) is 2. The van der Waals surface area contributed by atoms with E-state index in [2.05, 4.69) is 68.4 Å². The summed E-state index contributed by atoms with van der Waals surface area (Å²) < 4.78 is 161. The number of para-hydroxylation sites is 2. The van der Waals surface area contributed by atoms with E-state index in [0.29, 0.717) is 62.7 Å². The average molecular weight is 1630 g/mol. The maximum Gasteiger partial charge on any atom is 0.417 e. The molecule has 576 valence electrons. The summed E-state index contributed by atoms with van der Waals surface area (Å²) in [6, 6.07) is 47.5. The highest BCUT2D eigenvalue weighted by Crippen LogP contribution is 2.29. The van der Waals surface area contributed by atoms with Crippen molar-refractivity contribution in [3.05, 3.63) is 262 Å². The van der Waals surface area contributed by atoms with Gasteiger partial charge in [-0.05, 0) is 131 Å². The molecule has 0 saturated carbocycles. The van der Waals surface area contributed by atoms with Gasteiger partial charge in [0.15, 0.2) is 19.7 Å². The van der Waals surface area contributed by atoms with Crippen molar-refractivity contribution in [3.8, 4) is 11.5 Å². The summed E-state index contributed by atoms with van der Waals surface area (Å²) in [5.74, 6) is 0.560. The number of benzene rings is 4. The summed E-state index contributed by atoms with van der Waals surface area (Å²) in [4.78, 5) is 50.5. The third kappa shape index (κ3) is 27.5. The number of carbonyl (C=O) groups is 3. The van der Waals surface area contributed by atoms with Crippen molar-refractivity contribution < 1.29 is 75.8 Å². The van der Waals surface area contributed by atoms with Crippen LogP contribution in [-0.4, -0.2) is 107 Å². The lowest BCUT2D eigenvalue weighted by molar-refractivity contribution is -0.134. The van der Waals surface area contributed by atoms with Crippen molar-refractivity contribution in [3.63, 3.8) is 0 Å². The second kappa shape index (κ2) is 42.9. The van der Waals surface area contributed by atoms with Gasteiger partial charge in [-0.1, -0.05) is 120 Å². The van der Waals surface area contributed by atoms with Crippen LogP contribution in [0.2, 0.25) is 0 Å². The van der Waals surface area contributed by atoms with Crippen LogP contribution in [0.25, 0.3) is 0 Å². The number of pyridine rings is 4. The smallest absolute Gasteiger partial charge is 0.415 e. The van der Waals surface area contributed by atoms with E-state index < -0.39 is 73.1 Å². The Kier molecular flexibility index (Phi) is 35.0. The maximum atomic E-state index is 12.8. The van der Waals surface area contributed by atoms with Gasteiger partial charge in [0.05, 0.1) is 66.0 Å². The Labute approximate surface area is 633 Å². The number of sulfone groups is 2. The van der Waals surface area contributed by atoms with Crippen molar-refractivity contribution in [1.82, 2.24) is 49.7 Å². The standard InChI is InChI=1S/C18H22F2N4O3S.C13H10F2N2O2.C13H11N.C10H17N3O2S.C7H5ClO2.C6H4BrF2N.C6H6F2N2.CH4/c1-11(2)28(26,27)16-8-22-24-9-12(3)23(10-15(16)24)17(25)7-13-4-5-21-14(6-13)18(19)20;14-12(15)11-8-9(6-7-16-11)17-13(18)19-10-4-2-1-3-5-10;14-13(11-7-3-1-4-8-11)12-9-5-2-6-10-12;1-7(2)16(14,15)10-5-12-13-6-8(3)11-4-9(10)13;8-7(9)10-6-4-2-1-3-5-6;7-4-1-2-10-5(3-4)6(8)9;7-6(8)5-3-4(9)1-2-10-5;/h4-6,8,11-12,18H,7,9-10H2,1-3H3;1-8,12H,(H,16,17,18);1-10,14H;5,7-8,11H,4,6H2,1-3H3;1-5H;1-3,6H;1-3,6H,(H2,9,10);1H4/t12-;;;8-;;;;/m0..0..../s1. The van der Waals surface area contributed by atoms with Crippen LogP contribution in [0.15, 0.2) is 221 Å². The molecule has 2 aliphatic rings. The number of nitrogens with one attached hydrogen (secondary N) is 3. The van der Waals surface area contributed by atoms with E-state index in [1.54, 1.807) is 103 Å². The van der Waals surface area contributed by atoms with Crippen LogP contribution in [0.1, 0.15) is 126 Å². The molecule has 0 fully saturated rings. The van der Waals surface area contributed by atoms with E-state index in [1.807, 2.05) is 73.7 Å². The van der Waals surface area contributed by atoms with E-state index in [4.69, 9.17) is 27.5 Å². The van der Waals surface area contributed by atoms with E-state index in [-0.39, 0.29) is 60.0 Å². The van der Waals surface area contributed by atoms with Crippen LogP contribution >= 0.6 is 27.5 Å². The first kappa shape index (κ1) is 88.3. The van der Waals surface area contributed by atoms with E-state index in [0.717, 1.165) is 35.5 Å². The minimum Gasteiger partial charge on any atom is -0.415 e. The summed E-state index contributed by atoms with van der Waals surface area (Å²) in [7, 11) is -6.74. The van der Waals surface area contributed by atoms with E-state index >= 15 is 0 Å². The van der Waals surface area contributed by atoms with Crippen molar-refractivity contribution in [2.75, 3.05) is 11.1 Å². The van der Waals surface area contributed by atoms with Crippen LogP contribution in [0, 0.1) is 5.41 Å². The summed E-state index contributed by atoms with van der Waals surface area (Å²) in [5, 5.41) is 20.9. The van der Waals surface area contributed by atoms with Crippen molar-refractivity contribution in [2.24, 2.45) is 0 Å². The van der Waals surface area contributed by atoms with Crippen LogP contribution < -0.4 is 25.8 Å². The molecule has 0 spiro atoms. The first-order valence-corrected chi connectivity index (χ1v) is 36.6. The van der Waals surface area contributed by atoms with Crippen molar-refractivity contribution in [1.29, 1.82) is 5.41 Å². The van der Waals surface area contributed by atoms with Crippen LogP contribution in [0.4, 0.5) is 56.1 Å². The Bertz CT molecular complexity index is 4650. The summed E-state index contributed by atoms with van der Waals surface area (Å²) in [5.41, 5.74) is 7.85. The van der Waals surface area contributed by atoms with Crippen molar-refractivity contribution in [2.45, 2.75) is 140 Å². The highest BCUT2D eigenvalue weighted by atomic mass is 79.9. The van der Waals surface area contributed by atoms with E-state index in [1.165, 1.54) is 67.5 Å². The molecule has 0 radical (unpaired) electrons. The van der Waals surface area contributed by atoms with Crippen LogP contribution in [0.5, 0.6) is 11.5 Å². The predicted octanol–water partition coefficient (Wildman–Crippen LogP) is 17.1. The fourth-order valence-corrected chi connectivity index (χ4v) is 12.3. The molecule has 34 heteroatoms. The molecule has 6 aromatic heterocycles. The summed E-state index contributed by atoms with van der Waals surface area (Å²) in [6.07, 6.45) is -3.37. The lowest BCUT2D eigenvalue weighted by Gasteiger charge is -2.34. The van der Waals surface area contributed by atoms with Crippen LogP contribution in [0.3, 0.4) is 0 Å². The highest BCUT2D eigenvalue weighted by Gasteiger charge is 2.34. The van der Waals surface area contributed by atoms with Gasteiger partial charge >= 0.3 is 11.5 Å². The predicted molar refractivity (Wildman–Crippen MR) is 398 cm³/mol. The van der Waals surface area contributed by atoms with Gasteiger partial charge in [0.2, 0.25) is 5.91 Å². The van der Waals surface area contributed by atoms with Gasteiger partial charge in [-0.3, -0.25) is 44.8 Å². The number of nitrogen functional groups attached to an aromatic ring is 1. The molecule has 0 saturated heterocycles. The second-order valence-electron chi connectivity index (χ2n) is 23.6. The Morgan fingerprint density at radius 1 is 0.593 bits per heavy atom. The number of nitrogens with zero attached hydrogens (tertiary/aromatic N) is 9. The van der Waals surface area contributed by atoms with Gasteiger partial charge < -0.3 is 25.4 Å². The highest BCUT2D eigenvalue weighted by molar-refractivity contribution is 9.10. The molecule has 2 aliphatic heterocycles. The summed E-state index contributed by atoms with van der Waals surface area (Å²) in [6.45, 7) is 12.2. The van der Waals surface area contributed by atoms with E-state index in [9.17, 15) is 66.3 Å². The SMILES string of the molecule is C.CC(C)S(=O)(=O)c1cnn2c1CN(C(=O)Cc1ccnc(C(F)F)c1)[C@@H](C)C2.CC(C)S(=O)(=O)c1cnn2c1CN[C@@H](C)C2.FC(F)c1cc(Br)ccn1.N=C(c1ccccc1)c1ccccc1.Nc1ccnc(C(F)F)c1.O=C(Cl)Oc1ccccc1.O=C(Nc1ccnc(C(F)F)c1)Oc1ccccc1. The number of hydrogen-bond donors (Lipinski definition) is 4. The topological polar surface area (TPSA) is 302 Å². The molecule has 2 amide bonds. The number of carbonyl (C=O) groups excluding carboxylic acids is 3. The third-order valence-corrected chi connectivity index (χ3v) is 20.0. The maximum absolute atomic E-state index is 12.8. The number of rotatable bonds is 15. The Balaban J connectivity index is 0.000000233. The lowest BCUT2D eigenvalue weighted by Crippen LogP contribution is -2.46. The van der Waals surface area contributed by atoms with Crippen molar-refractivity contribution >= 4 is 81.7 Å². The monoisotopic (exact) mass is 1620 g/mol. The van der Waals surface area contributed by atoms with Gasteiger partial charge in [-0.25, -0.2) is 61.5 Å².